The molecule has 2 aliphatic rings. The Kier molecular flexibility index (Phi) is 5.50. The molecule has 2 fully saturated rings. The molecule has 0 saturated heterocycles. The van der Waals surface area contributed by atoms with Crippen LogP contribution >= 0.6 is 0 Å². The molecule has 6 rings (SSSR count). The van der Waals surface area contributed by atoms with Crippen molar-refractivity contribution in [2.24, 2.45) is 17.8 Å². The predicted molar refractivity (Wildman–Crippen MR) is 132 cm³/mol. The summed E-state index contributed by atoms with van der Waals surface area (Å²) in [6.07, 6.45) is 11.4. The number of carbonyl (C=O) groups excluding carboxylic acids is 2. The minimum absolute atomic E-state index is 0.00227. The number of nitrogens with zero attached hydrogens (tertiary/aromatic N) is 5. The molecule has 10 nitrogen and oxygen atoms in total. The third-order valence-corrected chi connectivity index (χ3v) is 7.21. The monoisotopic (exact) mass is 485 g/mol. The molecule has 2 aliphatic carbocycles. The van der Waals surface area contributed by atoms with E-state index in [1.807, 2.05) is 29.7 Å². The van der Waals surface area contributed by atoms with E-state index < -0.39 is 5.91 Å². The van der Waals surface area contributed by atoms with Crippen molar-refractivity contribution in [3.05, 3.63) is 48.4 Å². The topological polar surface area (TPSA) is 141 Å². The Balaban J connectivity index is 1.27. The maximum Gasteiger partial charge on any atom is 0.273 e. The number of oxazole rings is 1. The molecule has 36 heavy (non-hydrogen) atoms. The normalized spacial score (nSPS) is 19.6. The predicted octanol–water partition coefficient (Wildman–Crippen LogP) is 3.46. The second-order valence-corrected chi connectivity index (χ2v) is 9.80. The second-order valence-electron chi connectivity index (χ2n) is 9.80. The number of nitrogen functional groups attached to an aromatic ring is 1. The first-order valence-electron chi connectivity index (χ1n) is 12.3. The van der Waals surface area contributed by atoms with Crippen molar-refractivity contribution >= 4 is 23.2 Å². The molecule has 1 unspecified atom stereocenters. The first kappa shape index (κ1) is 22.4. The summed E-state index contributed by atoms with van der Waals surface area (Å²) in [5.74, 6) is 0.969. The number of aryl methyl sites for hydroxylation is 1. The lowest BCUT2D eigenvalue weighted by atomic mass is 9.97. The summed E-state index contributed by atoms with van der Waals surface area (Å²) in [6, 6.07) is 3.74. The highest BCUT2D eigenvalue weighted by molar-refractivity contribution is 5.97. The fourth-order valence-electron chi connectivity index (χ4n) is 5.09. The number of pyridine rings is 1. The van der Waals surface area contributed by atoms with Gasteiger partial charge >= 0.3 is 0 Å². The lowest BCUT2D eigenvalue weighted by molar-refractivity contribution is -0.123. The molecule has 10 heteroatoms. The van der Waals surface area contributed by atoms with Crippen LogP contribution in [0.4, 0.5) is 5.82 Å². The largest absolute Gasteiger partial charge is 0.443 e. The first-order valence-corrected chi connectivity index (χ1v) is 12.3. The number of anilines is 1. The molecule has 2 saturated carbocycles. The van der Waals surface area contributed by atoms with E-state index in [1.165, 1.54) is 12.5 Å². The number of Topliss-reactive ketones (excluding diaryl/α,β-unsaturated/α-hetero) is 1. The van der Waals surface area contributed by atoms with Crippen molar-refractivity contribution in [2.75, 3.05) is 12.3 Å². The van der Waals surface area contributed by atoms with Crippen LogP contribution in [0.25, 0.3) is 28.5 Å². The quantitative estimate of drug-likeness (QED) is 0.405. The van der Waals surface area contributed by atoms with E-state index in [-0.39, 0.29) is 35.2 Å². The van der Waals surface area contributed by atoms with E-state index in [0.717, 1.165) is 49.0 Å². The fourth-order valence-corrected chi connectivity index (χ4v) is 5.09. The summed E-state index contributed by atoms with van der Waals surface area (Å²) < 4.78 is 7.42. The van der Waals surface area contributed by atoms with E-state index in [9.17, 15) is 9.59 Å². The summed E-state index contributed by atoms with van der Waals surface area (Å²) in [4.78, 5) is 43.3. The number of amides is 1. The smallest absolute Gasteiger partial charge is 0.273 e. The Hall–Kier alpha value is -4.08. The van der Waals surface area contributed by atoms with E-state index in [0.29, 0.717) is 23.7 Å². The zero-order valence-electron chi connectivity index (χ0n) is 20.0. The molecule has 0 spiro atoms. The first-order chi connectivity index (χ1) is 17.5. The molecule has 0 aliphatic heterocycles. The van der Waals surface area contributed by atoms with Gasteiger partial charge < -0.3 is 19.9 Å². The lowest BCUT2D eigenvalue weighted by Gasteiger charge is -2.14. The molecular weight excluding hydrogens is 458 g/mol. The molecule has 4 aromatic rings. The molecule has 3 N–H and O–H groups in total. The van der Waals surface area contributed by atoms with Crippen LogP contribution in [0.5, 0.6) is 0 Å². The Labute approximate surface area is 207 Å². The average molecular weight is 486 g/mol. The molecule has 4 heterocycles. The van der Waals surface area contributed by atoms with Crippen LogP contribution in [0.3, 0.4) is 0 Å². The summed E-state index contributed by atoms with van der Waals surface area (Å²) in [5, 5.41) is 2.97. The highest BCUT2D eigenvalue weighted by Gasteiger charge is 2.38. The van der Waals surface area contributed by atoms with Crippen molar-refractivity contribution in [3.63, 3.8) is 0 Å². The van der Waals surface area contributed by atoms with Crippen molar-refractivity contribution in [1.29, 1.82) is 0 Å². The van der Waals surface area contributed by atoms with Gasteiger partial charge in [-0.15, -0.1) is 0 Å². The van der Waals surface area contributed by atoms with Gasteiger partial charge in [0, 0.05) is 42.0 Å². The number of rotatable bonds is 7. The van der Waals surface area contributed by atoms with E-state index in [1.54, 1.807) is 6.20 Å². The number of hydrogen-bond donors (Lipinski definition) is 2. The number of nitrogens with one attached hydrogen (secondary N) is 1. The van der Waals surface area contributed by atoms with Gasteiger partial charge in [-0.3, -0.25) is 9.59 Å². The van der Waals surface area contributed by atoms with Crippen LogP contribution < -0.4 is 11.1 Å². The molecule has 0 radical (unpaired) electrons. The second kappa shape index (κ2) is 8.85. The van der Waals surface area contributed by atoms with Crippen molar-refractivity contribution < 1.29 is 14.0 Å². The van der Waals surface area contributed by atoms with Crippen molar-refractivity contribution in [3.8, 4) is 22.8 Å². The van der Waals surface area contributed by atoms with Gasteiger partial charge in [-0.05, 0) is 57.1 Å². The van der Waals surface area contributed by atoms with Crippen LogP contribution in [0.2, 0.25) is 0 Å². The standard InChI is InChI=1S/C26H27N7O3/c1-14-11-29-19-7-6-18(13-33(14)19)20-21(26-28-8-9-36-26)32-24(27)22(31-20)25(35)30-12-15-2-3-17(10-15)23(34)16-4-5-16/h6-9,11,13,15-17H,2-5,10,12H2,1H3,(H2,27,32)(H,30,35)/t15-,17?/m0/s1. The number of ketones is 1. The van der Waals surface area contributed by atoms with Gasteiger partial charge in [0.15, 0.2) is 17.2 Å². The number of nitrogens with two attached hydrogens (primary N) is 1. The number of aromatic nitrogens is 5. The Morgan fingerprint density at radius 2 is 1.94 bits per heavy atom. The highest BCUT2D eigenvalue weighted by atomic mass is 16.3. The number of imidazole rings is 1. The number of fused-ring (bicyclic) bond motifs is 1. The Bertz CT molecular complexity index is 1460. The van der Waals surface area contributed by atoms with Gasteiger partial charge in [0.2, 0.25) is 5.89 Å². The summed E-state index contributed by atoms with van der Waals surface area (Å²) in [6.45, 7) is 2.43. The van der Waals surface area contributed by atoms with E-state index in [2.05, 4.69) is 25.3 Å². The van der Waals surface area contributed by atoms with Gasteiger partial charge in [-0.1, -0.05) is 0 Å². The van der Waals surface area contributed by atoms with Crippen LogP contribution in [0.1, 0.15) is 48.3 Å². The molecule has 0 bridgehead atoms. The summed E-state index contributed by atoms with van der Waals surface area (Å²) >= 11 is 0. The lowest BCUT2D eigenvalue weighted by Crippen LogP contribution is -2.30. The number of carbonyl (C=O) groups is 2. The molecule has 184 valence electrons. The Morgan fingerprint density at radius 3 is 2.72 bits per heavy atom. The maximum atomic E-state index is 13.1. The molecule has 1 amide bonds. The highest BCUT2D eigenvalue weighted by Crippen LogP contribution is 2.39. The Morgan fingerprint density at radius 1 is 1.11 bits per heavy atom. The molecular formula is C26H27N7O3. The van der Waals surface area contributed by atoms with Crippen molar-refractivity contribution in [2.45, 2.75) is 39.0 Å². The summed E-state index contributed by atoms with van der Waals surface area (Å²) in [7, 11) is 0. The minimum atomic E-state index is -0.392. The van der Waals surface area contributed by atoms with Crippen LogP contribution in [0, 0.1) is 24.7 Å². The molecule has 4 aromatic heterocycles. The van der Waals surface area contributed by atoms with Crippen LogP contribution in [-0.2, 0) is 4.79 Å². The third-order valence-electron chi connectivity index (χ3n) is 7.21. The zero-order chi connectivity index (χ0) is 24.8. The van der Waals surface area contributed by atoms with E-state index >= 15 is 0 Å². The average Bonchev–Trinajstić information content (AvgIpc) is 3.24. The van der Waals surface area contributed by atoms with Crippen molar-refractivity contribution in [1.82, 2.24) is 29.7 Å². The minimum Gasteiger partial charge on any atom is -0.443 e. The van der Waals surface area contributed by atoms with Gasteiger partial charge in [0.1, 0.15) is 23.4 Å². The fraction of sp³-hybridized carbons (Fsp3) is 0.385. The number of hydrogen-bond acceptors (Lipinski definition) is 8. The van der Waals surface area contributed by atoms with Gasteiger partial charge in [0.05, 0.1) is 6.20 Å². The van der Waals surface area contributed by atoms with Gasteiger partial charge in [-0.2, -0.15) is 0 Å². The summed E-state index contributed by atoms with van der Waals surface area (Å²) in [5.41, 5.74) is 9.50. The third kappa shape index (κ3) is 4.12. The van der Waals surface area contributed by atoms with E-state index in [4.69, 9.17) is 10.2 Å². The SMILES string of the molecule is Cc1cnc2ccc(-c3nc(C(=O)NC[C@H]4CCC(C(=O)C5CC5)C4)c(N)nc3-c3ncco3)cn12. The van der Waals surface area contributed by atoms with Crippen LogP contribution in [0.15, 0.2) is 41.4 Å². The maximum absolute atomic E-state index is 13.1. The molecule has 0 aromatic carbocycles. The van der Waals surface area contributed by atoms with Crippen LogP contribution in [-0.4, -0.2) is 42.6 Å². The van der Waals surface area contributed by atoms with Gasteiger partial charge in [-0.25, -0.2) is 19.9 Å². The molecule has 2 atom stereocenters. The van der Waals surface area contributed by atoms with Gasteiger partial charge in [0.25, 0.3) is 5.91 Å². The zero-order valence-corrected chi connectivity index (χ0v) is 20.0.